The number of hydrogen-bond acceptors (Lipinski definition) is 5. The van der Waals surface area contributed by atoms with Gasteiger partial charge < -0.3 is 15.4 Å². The zero-order chi connectivity index (χ0) is 26.6. The second kappa shape index (κ2) is 14.1. The molecule has 2 rings (SSSR count). The summed E-state index contributed by atoms with van der Waals surface area (Å²) in [5.74, 6) is -1.46. The van der Waals surface area contributed by atoms with Gasteiger partial charge in [-0.2, -0.15) is 13.2 Å². The molecule has 3 N–H and O–H groups in total. The molecule has 0 saturated heterocycles. The lowest BCUT2D eigenvalue weighted by atomic mass is 10.0. The van der Waals surface area contributed by atoms with E-state index in [1.807, 2.05) is 6.92 Å². The molecule has 11 heteroatoms. The fourth-order valence-corrected chi connectivity index (χ4v) is 3.44. The van der Waals surface area contributed by atoms with Crippen molar-refractivity contribution in [2.75, 3.05) is 19.8 Å². The number of benzene rings is 2. The summed E-state index contributed by atoms with van der Waals surface area (Å²) in [6.45, 7) is 0.289. The van der Waals surface area contributed by atoms with Crippen LogP contribution >= 0.6 is 0 Å². The summed E-state index contributed by atoms with van der Waals surface area (Å²) in [6.07, 6.45) is -1.14. The zero-order valence-electron chi connectivity index (χ0n) is 19.9. The van der Waals surface area contributed by atoms with Crippen LogP contribution in [0.15, 0.2) is 48.5 Å². The molecule has 2 aromatic rings. The number of hydroxylamine groups is 2. The largest absolute Gasteiger partial charge is 0.484 e. The Hall–Kier alpha value is -3.60. The Morgan fingerprint density at radius 2 is 1.78 bits per heavy atom. The Kier molecular flexibility index (Phi) is 11.2. The highest BCUT2D eigenvalue weighted by Crippen LogP contribution is 2.26. The lowest BCUT2D eigenvalue weighted by Gasteiger charge is -2.19. The predicted molar refractivity (Wildman–Crippen MR) is 126 cm³/mol. The van der Waals surface area contributed by atoms with E-state index in [4.69, 9.17) is 4.74 Å². The molecule has 0 saturated carbocycles. The maximum absolute atomic E-state index is 12.6. The molecule has 0 aromatic heterocycles. The van der Waals surface area contributed by atoms with Crippen LogP contribution in [0.25, 0.3) is 11.1 Å². The maximum atomic E-state index is 12.6. The zero-order valence-corrected chi connectivity index (χ0v) is 19.9. The van der Waals surface area contributed by atoms with E-state index < -0.39 is 30.5 Å². The van der Waals surface area contributed by atoms with E-state index in [2.05, 4.69) is 10.6 Å². The van der Waals surface area contributed by atoms with Gasteiger partial charge in [0.05, 0.1) is 19.1 Å². The molecule has 0 heterocycles. The molecule has 0 unspecified atom stereocenters. The molecule has 0 radical (unpaired) electrons. The number of hydrogen-bond donors (Lipinski definition) is 3. The fraction of sp³-hybridized carbons (Fsp3) is 0.400. The molecule has 0 aliphatic carbocycles. The number of amides is 3. The third kappa shape index (κ3) is 9.95. The van der Waals surface area contributed by atoms with Crippen molar-refractivity contribution in [2.24, 2.45) is 5.92 Å². The number of unbranched alkanes of at least 4 members (excludes halogenated alkanes) is 2. The van der Waals surface area contributed by atoms with Crippen molar-refractivity contribution in [3.8, 4) is 16.9 Å². The van der Waals surface area contributed by atoms with Crippen molar-refractivity contribution in [1.29, 1.82) is 0 Å². The highest BCUT2D eigenvalue weighted by atomic mass is 19.4. The monoisotopic (exact) mass is 509 g/mol. The van der Waals surface area contributed by atoms with Gasteiger partial charge in [-0.15, -0.1) is 0 Å². The van der Waals surface area contributed by atoms with Crippen LogP contribution in [0.4, 0.5) is 13.2 Å². The number of halogens is 3. The Morgan fingerprint density at radius 3 is 2.44 bits per heavy atom. The van der Waals surface area contributed by atoms with Crippen LogP contribution in [-0.2, 0) is 9.59 Å². The van der Waals surface area contributed by atoms with Gasteiger partial charge in [-0.05, 0) is 41.8 Å². The highest BCUT2D eigenvalue weighted by molar-refractivity contribution is 5.95. The van der Waals surface area contributed by atoms with Gasteiger partial charge in [0.2, 0.25) is 12.3 Å². The topological polar surface area (TPSA) is 108 Å². The summed E-state index contributed by atoms with van der Waals surface area (Å²) in [7, 11) is 0. The van der Waals surface area contributed by atoms with Crippen molar-refractivity contribution < 1.29 is 37.5 Å². The summed E-state index contributed by atoms with van der Waals surface area (Å²) in [6, 6.07) is 12.6. The molecule has 8 nitrogen and oxygen atoms in total. The van der Waals surface area contributed by atoms with Gasteiger partial charge in [0.15, 0.2) is 6.61 Å². The van der Waals surface area contributed by atoms with Crippen LogP contribution in [0.3, 0.4) is 0 Å². The molecule has 36 heavy (non-hydrogen) atoms. The quantitative estimate of drug-likeness (QED) is 0.117. The van der Waals surface area contributed by atoms with E-state index in [0.29, 0.717) is 22.6 Å². The summed E-state index contributed by atoms with van der Waals surface area (Å²) in [5.41, 5.74) is 1.44. The number of ether oxygens (including phenoxy) is 1. The Bertz CT molecular complexity index is 1020. The third-order valence-corrected chi connectivity index (χ3v) is 5.26. The molecule has 2 aromatic carbocycles. The fourth-order valence-electron chi connectivity index (χ4n) is 3.44. The van der Waals surface area contributed by atoms with Crippen LogP contribution in [0.5, 0.6) is 5.75 Å². The molecule has 3 amide bonds. The standard InChI is InChI=1S/C25H30F3N3O5/c1-2-3-4-7-21(14-31(35)17-32)24(34)30-16-29-23(33)20-10-5-8-18(12-20)19-9-6-11-22(13-19)36-15-25(26,27)28/h5-6,8-13,17,21,35H,2-4,7,14-16H2,1H3,(H,29,33)(H,30,34)/t21-/m1/s1. The molecule has 1 atom stereocenters. The summed E-state index contributed by atoms with van der Waals surface area (Å²) in [4.78, 5) is 35.8. The molecule has 0 fully saturated rings. The first-order valence-electron chi connectivity index (χ1n) is 11.5. The van der Waals surface area contributed by atoms with Crippen LogP contribution in [0.2, 0.25) is 0 Å². The van der Waals surface area contributed by atoms with Gasteiger partial charge in [-0.3, -0.25) is 19.6 Å². The first-order chi connectivity index (χ1) is 17.1. The van der Waals surface area contributed by atoms with E-state index in [-0.39, 0.29) is 30.9 Å². The SMILES string of the molecule is CCCCC[C@H](CN(O)C=O)C(=O)NCNC(=O)c1cccc(-c2cccc(OCC(F)(F)F)c2)c1. The second-order valence-electron chi connectivity index (χ2n) is 8.16. The van der Waals surface area contributed by atoms with Gasteiger partial charge in [-0.25, -0.2) is 5.06 Å². The van der Waals surface area contributed by atoms with Crippen molar-refractivity contribution in [3.63, 3.8) is 0 Å². The summed E-state index contributed by atoms with van der Waals surface area (Å²) >= 11 is 0. The number of carbonyl (C=O) groups excluding carboxylic acids is 3. The smallest absolute Gasteiger partial charge is 0.422 e. The summed E-state index contributed by atoms with van der Waals surface area (Å²) in [5, 5.41) is 15.0. The van der Waals surface area contributed by atoms with Gasteiger partial charge in [-0.1, -0.05) is 50.5 Å². The van der Waals surface area contributed by atoms with Crippen LogP contribution < -0.4 is 15.4 Å². The lowest BCUT2D eigenvalue weighted by molar-refractivity contribution is -0.155. The number of rotatable bonds is 14. The van der Waals surface area contributed by atoms with E-state index in [9.17, 15) is 32.8 Å². The van der Waals surface area contributed by atoms with Crippen LogP contribution in [-0.4, -0.2) is 54.5 Å². The minimum absolute atomic E-state index is 0.0481. The highest BCUT2D eigenvalue weighted by Gasteiger charge is 2.28. The van der Waals surface area contributed by atoms with Gasteiger partial charge >= 0.3 is 6.18 Å². The second-order valence-corrected chi connectivity index (χ2v) is 8.16. The van der Waals surface area contributed by atoms with Crippen molar-refractivity contribution in [1.82, 2.24) is 15.7 Å². The molecule has 196 valence electrons. The van der Waals surface area contributed by atoms with Crippen LogP contribution in [0.1, 0.15) is 43.0 Å². The Balaban J connectivity index is 1.97. The number of carbonyl (C=O) groups is 3. The van der Waals surface area contributed by atoms with Crippen molar-refractivity contribution in [3.05, 3.63) is 54.1 Å². The number of nitrogens with one attached hydrogen (secondary N) is 2. The lowest BCUT2D eigenvalue weighted by Crippen LogP contribution is -2.43. The van der Waals surface area contributed by atoms with E-state index >= 15 is 0 Å². The van der Waals surface area contributed by atoms with Crippen molar-refractivity contribution >= 4 is 18.2 Å². The Morgan fingerprint density at radius 1 is 1.08 bits per heavy atom. The van der Waals surface area contributed by atoms with E-state index in [1.165, 1.54) is 12.1 Å². The molecule has 0 bridgehead atoms. The van der Waals surface area contributed by atoms with Gasteiger partial charge in [0.1, 0.15) is 5.75 Å². The van der Waals surface area contributed by atoms with Crippen LogP contribution in [0, 0.1) is 5.92 Å². The Labute approximate surface area is 207 Å². The number of alkyl halides is 3. The minimum Gasteiger partial charge on any atom is -0.484 e. The third-order valence-electron chi connectivity index (χ3n) is 5.26. The molecular weight excluding hydrogens is 479 g/mol. The summed E-state index contributed by atoms with van der Waals surface area (Å²) < 4.78 is 42.0. The molecule has 0 aliphatic rings. The first-order valence-corrected chi connectivity index (χ1v) is 11.5. The van der Waals surface area contributed by atoms with E-state index in [1.54, 1.807) is 36.4 Å². The normalized spacial score (nSPS) is 11.9. The average Bonchev–Trinajstić information content (AvgIpc) is 2.86. The predicted octanol–water partition coefficient (Wildman–Crippen LogP) is 4.14. The van der Waals surface area contributed by atoms with Gasteiger partial charge in [0, 0.05) is 5.56 Å². The first kappa shape index (κ1) is 28.6. The average molecular weight is 510 g/mol. The molecule has 0 aliphatic heterocycles. The number of nitrogens with zero attached hydrogens (tertiary/aromatic N) is 1. The van der Waals surface area contributed by atoms with Gasteiger partial charge in [0.25, 0.3) is 5.91 Å². The molecular formula is C25H30F3N3O5. The van der Waals surface area contributed by atoms with Crippen molar-refractivity contribution in [2.45, 2.75) is 38.8 Å². The molecule has 0 spiro atoms. The minimum atomic E-state index is -4.45. The van der Waals surface area contributed by atoms with E-state index in [0.717, 1.165) is 19.3 Å². The maximum Gasteiger partial charge on any atom is 0.422 e.